The second kappa shape index (κ2) is 8.66. The summed E-state index contributed by atoms with van der Waals surface area (Å²) < 4.78 is 52.3. The van der Waals surface area contributed by atoms with Crippen LogP contribution in [0.2, 0.25) is 0 Å². The first kappa shape index (κ1) is 23.1. The van der Waals surface area contributed by atoms with Gasteiger partial charge in [-0.25, -0.2) is 4.39 Å². The lowest BCUT2D eigenvalue weighted by Gasteiger charge is -2.16. The number of nitrogens with zero attached hydrogens (tertiary/aromatic N) is 2. The highest BCUT2D eigenvalue weighted by Gasteiger charge is 2.38. The van der Waals surface area contributed by atoms with Crippen LogP contribution < -0.4 is 10.6 Å². The van der Waals surface area contributed by atoms with Crippen LogP contribution in [0.3, 0.4) is 0 Å². The van der Waals surface area contributed by atoms with E-state index in [-0.39, 0.29) is 27.1 Å². The van der Waals surface area contributed by atoms with Gasteiger partial charge in [0.2, 0.25) is 0 Å². The van der Waals surface area contributed by atoms with Crippen LogP contribution in [0.5, 0.6) is 0 Å². The number of rotatable bonds is 5. The first-order valence-corrected chi connectivity index (χ1v) is 8.94. The van der Waals surface area contributed by atoms with Gasteiger partial charge in [0, 0.05) is 12.7 Å². The van der Waals surface area contributed by atoms with Gasteiger partial charge in [-0.1, -0.05) is 0 Å². The number of Topliss-reactive ketones (excluding diaryl/α,β-unsaturated/α-hetero) is 1. The van der Waals surface area contributed by atoms with Crippen molar-refractivity contribution in [3.63, 3.8) is 0 Å². The Morgan fingerprint density at radius 3 is 2.43 bits per heavy atom. The number of anilines is 1. The number of alkyl halides is 3. The molecule has 2 aromatic rings. The number of amides is 2. The van der Waals surface area contributed by atoms with Gasteiger partial charge in [0.15, 0.2) is 0 Å². The Balaban J connectivity index is 2.26. The van der Waals surface area contributed by atoms with Crippen LogP contribution in [0.15, 0.2) is 28.9 Å². The lowest BCUT2D eigenvalue weighted by molar-refractivity contribution is -0.156. The van der Waals surface area contributed by atoms with Crippen molar-refractivity contribution < 1.29 is 31.9 Å². The summed E-state index contributed by atoms with van der Waals surface area (Å²) in [5.74, 6) is -4.31. The highest BCUT2D eigenvalue weighted by atomic mass is 79.9. The Hall–Kier alpha value is -3.20. The summed E-state index contributed by atoms with van der Waals surface area (Å²) in [4.78, 5) is 36.6. The van der Waals surface area contributed by atoms with Crippen LogP contribution in [-0.2, 0) is 11.8 Å². The van der Waals surface area contributed by atoms with E-state index in [1.165, 1.54) is 17.7 Å². The van der Waals surface area contributed by atoms with Gasteiger partial charge < -0.3 is 15.2 Å². The molecule has 0 unspecified atom stereocenters. The maximum Gasteiger partial charge on any atom is 0.408 e. The highest BCUT2D eigenvalue weighted by Crippen LogP contribution is 2.24. The normalized spacial score (nSPS) is 12.1. The molecule has 158 valence electrons. The third kappa shape index (κ3) is 4.85. The first-order chi connectivity index (χ1) is 13.9. The molecule has 0 aliphatic carbocycles. The SMILES string of the molecule is C[C@@H](NC(=O)C(=O)c1cc(C(=O)Nc2ccc(F)c(C#N)c2)n(C)c1Br)C(F)(F)F. The van der Waals surface area contributed by atoms with Crippen LogP contribution in [0.25, 0.3) is 0 Å². The van der Waals surface area contributed by atoms with Crippen molar-refractivity contribution >= 4 is 39.2 Å². The van der Waals surface area contributed by atoms with Crippen molar-refractivity contribution in [2.24, 2.45) is 7.05 Å². The maximum absolute atomic E-state index is 13.4. The van der Waals surface area contributed by atoms with E-state index in [4.69, 9.17) is 5.26 Å². The van der Waals surface area contributed by atoms with Gasteiger partial charge in [-0.15, -0.1) is 0 Å². The molecular formula is C18H13BrF4N4O3. The number of hydrogen-bond acceptors (Lipinski definition) is 4. The first-order valence-electron chi connectivity index (χ1n) is 8.15. The smallest absolute Gasteiger partial charge is 0.338 e. The zero-order valence-corrected chi connectivity index (χ0v) is 17.0. The minimum atomic E-state index is -4.73. The topological polar surface area (TPSA) is 104 Å². The zero-order valence-electron chi connectivity index (χ0n) is 15.4. The molecule has 0 bridgehead atoms. The van der Waals surface area contributed by atoms with Crippen LogP contribution in [-0.4, -0.2) is 34.4 Å². The van der Waals surface area contributed by atoms with E-state index in [2.05, 4.69) is 21.2 Å². The quantitative estimate of drug-likeness (QED) is 0.382. The van der Waals surface area contributed by atoms with Gasteiger partial charge in [0.25, 0.3) is 17.6 Å². The average Bonchev–Trinajstić information content (AvgIpc) is 2.97. The minimum absolute atomic E-state index is 0.00992. The van der Waals surface area contributed by atoms with Crippen molar-refractivity contribution in [3.05, 3.63) is 51.5 Å². The van der Waals surface area contributed by atoms with Crippen LogP contribution >= 0.6 is 15.9 Å². The molecule has 0 spiro atoms. The molecule has 0 saturated carbocycles. The Morgan fingerprint density at radius 2 is 1.87 bits per heavy atom. The molecule has 0 aliphatic rings. The van der Waals surface area contributed by atoms with Crippen molar-refractivity contribution in [2.75, 3.05) is 5.32 Å². The van der Waals surface area contributed by atoms with Gasteiger partial charge in [-0.3, -0.25) is 14.4 Å². The fourth-order valence-corrected chi connectivity index (χ4v) is 2.79. The van der Waals surface area contributed by atoms with E-state index < -0.39 is 35.6 Å². The van der Waals surface area contributed by atoms with E-state index >= 15 is 0 Å². The van der Waals surface area contributed by atoms with Crippen molar-refractivity contribution in [2.45, 2.75) is 19.1 Å². The van der Waals surface area contributed by atoms with Crippen molar-refractivity contribution in [3.8, 4) is 6.07 Å². The Labute approximate surface area is 175 Å². The summed E-state index contributed by atoms with van der Waals surface area (Å²) >= 11 is 3.03. The molecule has 12 heteroatoms. The van der Waals surface area contributed by atoms with Gasteiger partial charge in [0.1, 0.15) is 23.6 Å². The monoisotopic (exact) mass is 488 g/mol. The number of aromatic nitrogens is 1. The van der Waals surface area contributed by atoms with Gasteiger partial charge >= 0.3 is 6.18 Å². The summed E-state index contributed by atoms with van der Waals surface area (Å²) in [6.07, 6.45) is -4.73. The molecule has 0 radical (unpaired) electrons. The largest absolute Gasteiger partial charge is 0.408 e. The maximum atomic E-state index is 13.4. The van der Waals surface area contributed by atoms with E-state index in [9.17, 15) is 31.9 Å². The lowest BCUT2D eigenvalue weighted by atomic mass is 10.1. The van der Waals surface area contributed by atoms with Gasteiger partial charge in [-0.05, 0) is 47.1 Å². The second-order valence-corrected chi connectivity index (χ2v) is 6.87. The number of ketones is 1. The molecule has 2 amide bonds. The summed E-state index contributed by atoms with van der Waals surface area (Å²) in [5.41, 5.74) is -0.650. The molecule has 0 aliphatic heterocycles. The number of halogens is 5. The molecule has 1 heterocycles. The third-order valence-electron chi connectivity index (χ3n) is 4.03. The van der Waals surface area contributed by atoms with Crippen LogP contribution in [0, 0.1) is 17.1 Å². The Bertz CT molecular complexity index is 1070. The fourth-order valence-electron chi connectivity index (χ4n) is 2.31. The molecule has 0 saturated heterocycles. The van der Waals surface area contributed by atoms with E-state index in [0.717, 1.165) is 18.2 Å². The second-order valence-electron chi connectivity index (χ2n) is 6.12. The van der Waals surface area contributed by atoms with Crippen LogP contribution in [0.4, 0.5) is 23.2 Å². The van der Waals surface area contributed by atoms with Crippen molar-refractivity contribution in [1.29, 1.82) is 5.26 Å². The van der Waals surface area contributed by atoms with Gasteiger partial charge in [-0.2, -0.15) is 18.4 Å². The van der Waals surface area contributed by atoms with E-state index in [1.54, 1.807) is 11.4 Å². The number of carbonyl (C=O) groups is 3. The molecule has 1 atom stereocenters. The molecule has 2 rings (SSSR count). The zero-order chi connectivity index (χ0) is 22.8. The molecule has 1 aromatic heterocycles. The predicted molar refractivity (Wildman–Crippen MR) is 100 cm³/mol. The molecule has 7 nitrogen and oxygen atoms in total. The summed E-state index contributed by atoms with van der Waals surface area (Å²) in [7, 11) is 1.37. The predicted octanol–water partition coefficient (Wildman–Crippen LogP) is 3.30. The van der Waals surface area contributed by atoms with E-state index in [0.29, 0.717) is 6.92 Å². The summed E-state index contributed by atoms with van der Waals surface area (Å²) in [5, 5.41) is 12.8. The number of hydrogen-bond donors (Lipinski definition) is 2. The highest BCUT2D eigenvalue weighted by molar-refractivity contribution is 9.10. The van der Waals surface area contributed by atoms with Gasteiger partial charge in [0.05, 0.1) is 15.7 Å². The fraction of sp³-hybridized carbons (Fsp3) is 0.222. The average molecular weight is 489 g/mol. The standard InChI is InChI=1S/C18H13BrF4N4O3/c1-8(18(21,22)23)25-17(30)14(28)11-6-13(27(2)15(11)19)16(29)26-10-3-4-12(20)9(5-10)7-24/h3-6,8H,1-2H3,(H,25,30)(H,26,29)/t8-/m1/s1. The Kier molecular flexibility index (Phi) is 6.66. The summed E-state index contributed by atoms with van der Waals surface area (Å²) in [6, 6.07) is 3.69. The molecular weight excluding hydrogens is 476 g/mol. The third-order valence-corrected chi connectivity index (χ3v) is 4.99. The molecule has 0 fully saturated rings. The lowest BCUT2D eigenvalue weighted by Crippen LogP contribution is -2.45. The molecule has 2 N–H and O–H groups in total. The van der Waals surface area contributed by atoms with Crippen LogP contribution in [0.1, 0.15) is 33.3 Å². The van der Waals surface area contributed by atoms with E-state index in [1.807, 2.05) is 0 Å². The minimum Gasteiger partial charge on any atom is -0.338 e. The molecule has 30 heavy (non-hydrogen) atoms. The Morgan fingerprint density at radius 1 is 1.23 bits per heavy atom. The number of benzene rings is 1. The number of carbonyl (C=O) groups excluding carboxylic acids is 3. The van der Waals surface area contributed by atoms with Crippen molar-refractivity contribution in [1.82, 2.24) is 9.88 Å². The number of nitriles is 1. The summed E-state index contributed by atoms with van der Waals surface area (Å²) in [6.45, 7) is 0.683. The number of nitrogens with one attached hydrogen (secondary N) is 2. The molecule has 1 aromatic carbocycles.